The average molecular weight is 441 g/mol. The highest BCUT2D eigenvalue weighted by Crippen LogP contribution is 2.37. The van der Waals surface area contributed by atoms with E-state index in [2.05, 4.69) is 12.1 Å². The molecule has 0 fully saturated rings. The van der Waals surface area contributed by atoms with Gasteiger partial charge in [-0.3, -0.25) is 9.36 Å². The van der Waals surface area contributed by atoms with Gasteiger partial charge in [0.05, 0.1) is 23.9 Å². The molecular weight excluding hydrogens is 412 g/mol. The third kappa shape index (κ3) is 5.14. The van der Waals surface area contributed by atoms with Crippen LogP contribution in [0.5, 0.6) is 6.01 Å². The highest BCUT2D eigenvalue weighted by molar-refractivity contribution is 5.81. The van der Waals surface area contributed by atoms with Gasteiger partial charge in [-0.15, -0.1) is 0 Å². The Hall–Kier alpha value is -3.86. The molecule has 0 radical (unpaired) electrons. The molecule has 0 bridgehead atoms. The van der Waals surface area contributed by atoms with Crippen LogP contribution >= 0.6 is 0 Å². The van der Waals surface area contributed by atoms with Crippen LogP contribution in [0.2, 0.25) is 0 Å². The largest absolute Gasteiger partial charge is 0.481 e. The first-order valence-electron chi connectivity index (χ1n) is 11.3. The Morgan fingerprint density at radius 2 is 1.48 bits per heavy atom. The number of benzene rings is 3. The number of aliphatic carboxylic acids is 1. The standard InChI is InChI=1S/C28H28N2O3/c1-2-21(27(31)32)17-12-20-33-28-29-25(22-13-6-3-7-14-22)26(23-15-8-4-9-16-23)30(28)24-18-10-5-11-19-24/h3-11,13-16,18-19,21H,2,12,17,20H2,1H3,(H,31,32). The molecule has 168 valence electrons. The van der Waals surface area contributed by atoms with Crippen molar-refractivity contribution in [2.45, 2.75) is 26.2 Å². The van der Waals surface area contributed by atoms with Crippen LogP contribution in [-0.4, -0.2) is 27.2 Å². The fourth-order valence-electron chi connectivity index (χ4n) is 3.97. The van der Waals surface area contributed by atoms with E-state index in [1.54, 1.807) is 0 Å². The van der Waals surface area contributed by atoms with Gasteiger partial charge in [0, 0.05) is 11.1 Å². The van der Waals surface area contributed by atoms with Crippen LogP contribution in [0.15, 0.2) is 91.0 Å². The average Bonchev–Trinajstić information content (AvgIpc) is 3.25. The van der Waals surface area contributed by atoms with Crippen LogP contribution in [-0.2, 0) is 4.79 Å². The summed E-state index contributed by atoms with van der Waals surface area (Å²) >= 11 is 0. The third-order valence-corrected chi connectivity index (χ3v) is 5.73. The van der Waals surface area contributed by atoms with Crippen LogP contribution < -0.4 is 4.74 Å². The van der Waals surface area contributed by atoms with Crippen molar-refractivity contribution in [2.75, 3.05) is 6.61 Å². The van der Waals surface area contributed by atoms with Crippen molar-refractivity contribution in [3.8, 4) is 34.2 Å². The molecule has 33 heavy (non-hydrogen) atoms. The minimum absolute atomic E-state index is 0.345. The zero-order valence-corrected chi connectivity index (χ0v) is 18.7. The lowest BCUT2D eigenvalue weighted by atomic mass is 10.0. The van der Waals surface area contributed by atoms with E-state index in [1.807, 2.05) is 90.4 Å². The van der Waals surface area contributed by atoms with E-state index in [-0.39, 0.29) is 5.92 Å². The van der Waals surface area contributed by atoms with E-state index < -0.39 is 5.97 Å². The first-order chi connectivity index (χ1) is 16.2. The minimum atomic E-state index is -0.749. The van der Waals surface area contributed by atoms with Gasteiger partial charge in [-0.25, -0.2) is 0 Å². The van der Waals surface area contributed by atoms with Gasteiger partial charge in [0.1, 0.15) is 5.69 Å². The summed E-state index contributed by atoms with van der Waals surface area (Å²) in [5.74, 6) is -1.09. The Morgan fingerprint density at radius 3 is 2.06 bits per heavy atom. The number of nitrogens with zero attached hydrogens (tertiary/aromatic N) is 2. The Balaban J connectivity index is 1.76. The summed E-state index contributed by atoms with van der Waals surface area (Å²) in [5, 5.41) is 9.32. The van der Waals surface area contributed by atoms with Gasteiger partial charge in [-0.05, 0) is 31.4 Å². The summed E-state index contributed by atoms with van der Waals surface area (Å²) in [6, 6.07) is 30.8. The normalized spacial score (nSPS) is 11.8. The van der Waals surface area contributed by atoms with E-state index in [4.69, 9.17) is 9.72 Å². The maximum absolute atomic E-state index is 11.3. The number of ether oxygens (including phenoxy) is 1. The number of hydrogen-bond acceptors (Lipinski definition) is 3. The van der Waals surface area contributed by atoms with Gasteiger partial charge in [-0.2, -0.15) is 4.98 Å². The monoisotopic (exact) mass is 440 g/mol. The first-order valence-corrected chi connectivity index (χ1v) is 11.3. The molecule has 0 amide bonds. The highest BCUT2D eigenvalue weighted by atomic mass is 16.5. The molecule has 3 aromatic carbocycles. The van der Waals surface area contributed by atoms with Crippen LogP contribution in [0.3, 0.4) is 0 Å². The van der Waals surface area contributed by atoms with Gasteiger partial charge >= 0.3 is 12.0 Å². The Bertz CT molecular complexity index is 1170. The SMILES string of the molecule is CCC(CCCOc1nc(-c2ccccc2)c(-c2ccccc2)n1-c1ccccc1)C(=O)O. The van der Waals surface area contributed by atoms with Crippen molar-refractivity contribution >= 4 is 5.97 Å². The zero-order valence-electron chi connectivity index (χ0n) is 18.7. The number of hydrogen-bond donors (Lipinski definition) is 1. The van der Waals surface area contributed by atoms with Gasteiger partial charge in [0.25, 0.3) is 0 Å². The van der Waals surface area contributed by atoms with Crippen LogP contribution in [0, 0.1) is 5.92 Å². The highest BCUT2D eigenvalue weighted by Gasteiger charge is 2.22. The molecule has 1 heterocycles. The lowest BCUT2D eigenvalue weighted by Gasteiger charge is -2.14. The number of rotatable bonds is 10. The summed E-state index contributed by atoms with van der Waals surface area (Å²) in [5.41, 5.74) is 4.81. The summed E-state index contributed by atoms with van der Waals surface area (Å²) in [6.45, 7) is 2.30. The van der Waals surface area contributed by atoms with Crippen LogP contribution in [0.4, 0.5) is 0 Å². The molecule has 4 rings (SSSR count). The predicted octanol–water partition coefficient (Wildman–Crippen LogP) is 6.48. The van der Waals surface area contributed by atoms with Crippen molar-refractivity contribution in [1.29, 1.82) is 0 Å². The van der Waals surface area contributed by atoms with E-state index in [9.17, 15) is 9.90 Å². The number of imidazole rings is 1. The molecule has 0 saturated carbocycles. The molecule has 0 aliphatic carbocycles. The zero-order chi connectivity index (χ0) is 23.0. The fraction of sp³-hybridized carbons (Fsp3) is 0.214. The number of para-hydroxylation sites is 1. The molecule has 5 heteroatoms. The Labute approximate surface area is 194 Å². The van der Waals surface area contributed by atoms with Crippen molar-refractivity contribution in [1.82, 2.24) is 9.55 Å². The first kappa shape index (κ1) is 22.3. The van der Waals surface area contributed by atoms with Gasteiger partial charge in [0.2, 0.25) is 0 Å². The van der Waals surface area contributed by atoms with E-state index >= 15 is 0 Å². The predicted molar refractivity (Wildman–Crippen MR) is 131 cm³/mol. The molecule has 1 atom stereocenters. The van der Waals surface area contributed by atoms with Crippen molar-refractivity contribution < 1.29 is 14.6 Å². The molecule has 0 aliphatic heterocycles. The van der Waals surface area contributed by atoms with Gasteiger partial charge < -0.3 is 9.84 Å². The molecule has 5 nitrogen and oxygen atoms in total. The molecule has 1 N–H and O–H groups in total. The molecular formula is C28H28N2O3. The smallest absolute Gasteiger partial charge is 0.306 e. The van der Waals surface area contributed by atoms with Crippen LogP contribution in [0.25, 0.3) is 28.2 Å². The Kier molecular flexibility index (Phi) is 7.20. The molecule has 1 unspecified atom stereocenters. The number of carboxylic acids is 1. The maximum atomic E-state index is 11.3. The summed E-state index contributed by atoms with van der Waals surface area (Å²) in [4.78, 5) is 16.3. The van der Waals surface area contributed by atoms with E-state index in [0.717, 1.165) is 28.2 Å². The van der Waals surface area contributed by atoms with E-state index in [0.29, 0.717) is 31.9 Å². The Morgan fingerprint density at radius 1 is 0.909 bits per heavy atom. The summed E-state index contributed by atoms with van der Waals surface area (Å²) in [7, 11) is 0. The molecule has 0 aliphatic rings. The lowest BCUT2D eigenvalue weighted by Crippen LogP contribution is -2.14. The van der Waals surface area contributed by atoms with Crippen molar-refractivity contribution in [3.05, 3.63) is 91.0 Å². The second kappa shape index (κ2) is 10.6. The van der Waals surface area contributed by atoms with Gasteiger partial charge in [-0.1, -0.05) is 85.8 Å². The quantitative estimate of drug-likeness (QED) is 0.287. The second-order valence-electron chi connectivity index (χ2n) is 7.93. The van der Waals surface area contributed by atoms with Gasteiger partial charge in [0.15, 0.2) is 0 Å². The molecule has 4 aromatic rings. The minimum Gasteiger partial charge on any atom is -0.481 e. The number of carbonyl (C=O) groups is 1. The number of carboxylic acid groups (broad SMARTS) is 1. The maximum Gasteiger partial charge on any atom is 0.306 e. The summed E-state index contributed by atoms with van der Waals surface area (Å²) < 4.78 is 8.24. The van der Waals surface area contributed by atoms with Crippen molar-refractivity contribution in [3.63, 3.8) is 0 Å². The summed E-state index contributed by atoms with van der Waals surface area (Å²) in [6.07, 6.45) is 1.84. The topological polar surface area (TPSA) is 64.4 Å². The van der Waals surface area contributed by atoms with Crippen LogP contribution in [0.1, 0.15) is 26.2 Å². The van der Waals surface area contributed by atoms with Crippen molar-refractivity contribution in [2.24, 2.45) is 5.92 Å². The third-order valence-electron chi connectivity index (χ3n) is 5.73. The number of aromatic nitrogens is 2. The fourth-order valence-corrected chi connectivity index (χ4v) is 3.97. The molecule has 1 aromatic heterocycles. The second-order valence-corrected chi connectivity index (χ2v) is 7.93. The lowest BCUT2D eigenvalue weighted by molar-refractivity contribution is -0.142. The molecule has 0 saturated heterocycles. The van der Waals surface area contributed by atoms with E-state index in [1.165, 1.54) is 0 Å². The molecule has 0 spiro atoms.